The minimum Gasteiger partial charge on any atom is -0.409 e. The normalized spacial score (nSPS) is 13.0. The van der Waals surface area contributed by atoms with Crippen molar-refractivity contribution in [2.45, 2.75) is 32.6 Å². The summed E-state index contributed by atoms with van der Waals surface area (Å²) in [5, 5.41) is 11.6. The first-order chi connectivity index (χ1) is 9.63. The molecule has 3 N–H and O–H groups in total. The van der Waals surface area contributed by atoms with Crippen LogP contribution in [0.25, 0.3) is 0 Å². The zero-order valence-electron chi connectivity index (χ0n) is 12.1. The molecule has 1 amide bonds. The SMILES string of the molecule is CCCN(CC(N)=NO)C(=O)C(CC)c1ccccc1. The number of carbonyl (C=O) groups excluding carboxylic acids is 1. The Bertz CT molecular complexity index is 446. The van der Waals surface area contributed by atoms with Crippen molar-refractivity contribution in [1.82, 2.24) is 4.90 Å². The third kappa shape index (κ3) is 4.26. The van der Waals surface area contributed by atoms with Crippen LogP contribution in [-0.2, 0) is 4.79 Å². The second-order valence-corrected chi connectivity index (χ2v) is 4.72. The molecule has 20 heavy (non-hydrogen) atoms. The zero-order valence-corrected chi connectivity index (χ0v) is 12.1. The minimum absolute atomic E-state index is 0.0205. The summed E-state index contributed by atoms with van der Waals surface area (Å²) in [7, 11) is 0. The second-order valence-electron chi connectivity index (χ2n) is 4.72. The Kier molecular flexibility index (Phi) is 6.56. The van der Waals surface area contributed by atoms with Crippen molar-refractivity contribution in [2.24, 2.45) is 10.9 Å². The van der Waals surface area contributed by atoms with Crippen LogP contribution < -0.4 is 5.73 Å². The maximum absolute atomic E-state index is 12.6. The van der Waals surface area contributed by atoms with Gasteiger partial charge in [0.1, 0.15) is 0 Å². The van der Waals surface area contributed by atoms with Crippen molar-refractivity contribution < 1.29 is 10.0 Å². The summed E-state index contributed by atoms with van der Waals surface area (Å²) in [5.74, 6) is -0.115. The van der Waals surface area contributed by atoms with Gasteiger partial charge in [0.05, 0.1) is 12.5 Å². The van der Waals surface area contributed by atoms with Crippen LogP contribution >= 0.6 is 0 Å². The van der Waals surface area contributed by atoms with E-state index in [0.29, 0.717) is 6.54 Å². The Balaban J connectivity index is 2.91. The van der Waals surface area contributed by atoms with Crippen LogP contribution in [0.1, 0.15) is 38.2 Å². The maximum Gasteiger partial charge on any atom is 0.230 e. The molecule has 0 aliphatic rings. The molecule has 5 nitrogen and oxygen atoms in total. The maximum atomic E-state index is 12.6. The predicted octanol–water partition coefficient (Wildman–Crippen LogP) is 2.17. The van der Waals surface area contributed by atoms with Gasteiger partial charge in [-0.1, -0.05) is 49.3 Å². The monoisotopic (exact) mass is 277 g/mol. The van der Waals surface area contributed by atoms with Crippen LogP contribution in [0.2, 0.25) is 0 Å². The van der Waals surface area contributed by atoms with E-state index in [-0.39, 0.29) is 24.2 Å². The van der Waals surface area contributed by atoms with Crippen molar-refractivity contribution in [3.63, 3.8) is 0 Å². The van der Waals surface area contributed by atoms with Gasteiger partial charge >= 0.3 is 0 Å². The van der Waals surface area contributed by atoms with Gasteiger partial charge in [-0.2, -0.15) is 0 Å². The van der Waals surface area contributed by atoms with Gasteiger partial charge in [-0.15, -0.1) is 0 Å². The summed E-state index contributed by atoms with van der Waals surface area (Å²) in [6.45, 7) is 4.74. The van der Waals surface area contributed by atoms with Gasteiger partial charge in [-0.05, 0) is 18.4 Å². The highest BCUT2D eigenvalue weighted by Gasteiger charge is 2.24. The van der Waals surface area contributed by atoms with Crippen LogP contribution in [0.3, 0.4) is 0 Å². The average molecular weight is 277 g/mol. The molecule has 0 aromatic heterocycles. The number of oxime groups is 1. The van der Waals surface area contributed by atoms with E-state index in [0.717, 1.165) is 18.4 Å². The second kappa shape index (κ2) is 8.19. The minimum atomic E-state index is -0.186. The summed E-state index contributed by atoms with van der Waals surface area (Å²) < 4.78 is 0. The van der Waals surface area contributed by atoms with Crippen LogP contribution in [0.4, 0.5) is 0 Å². The highest BCUT2D eigenvalue weighted by molar-refractivity contribution is 5.89. The molecule has 0 saturated heterocycles. The fourth-order valence-corrected chi connectivity index (χ4v) is 2.22. The molecule has 0 aliphatic heterocycles. The Morgan fingerprint density at radius 1 is 1.35 bits per heavy atom. The van der Waals surface area contributed by atoms with Crippen molar-refractivity contribution in [3.05, 3.63) is 35.9 Å². The molecule has 5 heteroatoms. The number of hydrogen-bond acceptors (Lipinski definition) is 3. The van der Waals surface area contributed by atoms with E-state index >= 15 is 0 Å². The number of amides is 1. The van der Waals surface area contributed by atoms with Crippen molar-refractivity contribution in [1.29, 1.82) is 0 Å². The van der Waals surface area contributed by atoms with Gasteiger partial charge in [0, 0.05) is 6.54 Å². The summed E-state index contributed by atoms with van der Waals surface area (Å²) in [4.78, 5) is 14.3. The third-order valence-electron chi connectivity index (χ3n) is 3.19. The van der Waals surface area contributed by atoms with Crippen LogP contribution in [-0.4, -0.2) is 34.9 Å². The van der Waals surface area contributed by atoms with E-state index in [1.54, 1.807) is 4.90 Å². The summed E-state index contributed by atoms with van der Waals surface area (Å²) in [6.07, 6.45) is 1.55. The van der Waals surface area contributed by atoms with Gasteiger partial charge < -0.3 is 15.8 Å². The van der Waals surface area contributed by atoms with Crippen LogP contribution in [0.15, 0.2) is 35.5 Å². The molecule has 0 heterocycles. The third-order valence-corrected chi connectivity index (χ3v) is 3.19. The van der Waals surface area contributed by atoms with E-state index in [1.807, 2.05) is 44.2 Å². The lowest BCUT2D eigenvalue weighted by Crippen LogP contribution is -2.41. The molecule has 0 bridgehead atoms. The number of carbonyl (C=O) groups is 1. The first-order valence-electron chi connectivity index (χ1n) is 6.94. The standard InChI is InChI=1S/C15H23N3O2/c1-3-10-18(11-14(16)17-20)15(19)13(4-2)12-8-6-5-7-9-12/h5-9,13,20H,3-4,10-11H2,1-2H3,(H2,16,17). The Morgan fingerprint density at radius 3 is 2.50 bits per heavy atom. The molecule has 0 radical (unpaired) electrons. The van der Waals surface area contributed by atoms with Crippen molar-refractivity contribution in [2.75, 3.05) is 13.1 Å². The quantitative estimate of drug-likeness (QED) is 0.347. The number of nitrogens with zero attached hydrogens (tertiary/aromatic N) is 2. The first-order valence-corrected chi connectivity index (χ1v) is 6.94. The Labute approximate surface area is 120 Å². The molecular weight excluding hydrogens is 254 g/mol. The topological polar surface area (TPSA) is 78.9 Å². The lowest BCUT2D eigenvalue weighted by atomic mass is 9.95. The summed E-state index contributed by atoms with van der Waals surface area (Å²) >= 11 is 0. The molecule has 1 aromatic rings. The molecule has 0 fully saturated rings. The van der Waals surface area contributed by atoms with Crippen molar-refractivity contribution >= 4 is 11.7 Å². The first kappa shape index (κ1) is 16.0. The van der Waals surface area contributed by atoms with E-state index in [1.165, 1.54) is 0 Å². The van der Waals surface area contributed by atoms with E-state index in [4.69, 9.17) is 10.9 Å². The highest BCUT2D eigenvalue weighted by Crippen LogP contribution is 2.22. The van der Waals surface area contributed by atoms with Gasteiger partial charge in [0.25, 0.3) is 0 Å². The average Bonchev–Trinajstić information content (AvgIpc) is 2.48. The van der Waals surface area contributed by atoms with Crippen LogP contribution in [0, 0.1) is 0 Å². The van der Waals surface area contributed by atoms with E-state index < -0.39 is 0 Å². The number of benzene rings is 1. The Hall–Kier alpha value is -2.04. The molecule has 0 saturated carbocycles. The van der Waals surface area contributed by atoms with Crippen molar-refractivity contribution in [3.8, 4) is 0 Å². The van der Waals surface area contributed by atoms with E-state index in [9.17, 15) is 4.79 Å². The Morgan fingerprint density at radius 2 is 2.00 bits per heavy atom. The molecule has 1 unspecified atom stereocenters. The summed E-state index contributed by atoms with van der Waals surface area (Å²) in [5.41, 5.74) is 6.53. The smallest absolute Gasteiger partial charge is 0.230 e. The number of nitrogens with two attached hydrogens (primary N) is 1. The number of rotatable bonds is 7. The lowest BCUT2D eigenvalue weighted by molar-refractivity contribution is -0.132. The molecule has 1 rings (SSSR count). The van der Waals surface area contributed by atoms with Gasteiger partial charge in [-0.25, -0.2) is 0 Å². The molecular formula is C15H23N3O2. The molecule has 0 spiro atoms. The van der Waals surface area contributed by atoms with Gasteiger partial charge in [0.15, 0.2) is 5.84 Å². The molecule has 1 atom stereocenters. The fraction of sp³-hybridized carbons (Fsp3) is 0.467. The van der Waals surface area contributed by atoms with Gasteiger partial charge in [0.2, 0.25) is 5.91 Å². The van der Waals surface area contributed by atoms with E-state index in [2.05, 4.69) is 5.16 Å². The summed E-state index contributed by atoms with van der Waals surface area (Å²) in [6, 6.07) is 9.71. The molecule has 0 aliphatic carbocycles. The molecule has 1 aromatic carbocycles. The largest absolute Gasteiger partial charge is 0.409 e. The highest BCUT2D eigenvalue weighted by atomic mass is 16.4. The zero-order chi connectivity index (χ0) is 15.0. The number of hydrogen-bond donors (Lipinski definition) is 2. The number of amidine groups is 1. The lowest BCUT2D eigenvalue weighted by Gasteiger charge is -2.26. The van der Waals surface area contributed by atoms with Crippen LogP contribution in [0.5, 0.6) is 0 Å². The predicted molar refractivity (Wildman–Crippen MR) is 79.8 cm³/mol. The molecule has 110 valence electrons. The fourth-order valence-electron chi connectivity index (χ4n) is 2.22. The van der Waals surface area contributed by atoms with Gasteiger partial charge in [-0.3, -0.25) is 4.79 Å².